The molecule has 0 saturated carbocycles. The first-order valence-electron chi connectivity index (χ1n) is 4.05. The van der Waals surface area contributed by atoms with Crippen molar-refractivity contribution in [2.75, 3.05) is 0 Å². The van der Waals surface area contributed by atoms with Crippen LogP contribution in [0.4, 0.5) is 0 Å². The number of H-pyrrole nitrogens is 1. The van der Waals surface area contributed by atoms with Crippen molar-refractivity contribution in [2.24, 2.45) is 0 Å². The van der Waals surface area contributed by atoms with E-state index in [1.807, 2.05) is 0 Å². The van der Waals surface area contributed by atoms with Crippen LogP contribution in [0.15, 0.2) is 15.7 Å². The number of aromatic nitrogens is 4. The number of aryl methyl sites for hydroxylation is 2. The summed E-state index contributed by atoms with van der Waals surface area (Å²) >= 11 is 0. The molecule has 0 radical (unpaired) electrons. The summed E-state index contributed by atoms with van der Waals surface area (Å²) in [7, 11) is 0. The largest absolute Gasteiger partial charge is 0.289 e. The smallest absolute Gasteiger partial charge is 0.275 e. The van der Waals surface area contributed by atoms with Crippen molar-refractivity contribution in [3.63, 3.8) is 0 Å². The molecule has 0 aliphatic carbocycles. The van der Waals surface area contributed by atoms with E-state index in [9.17, 15) is 9.59 Å². The van der Waals surface area contributed by atoms with Gasteiger partial charge < -0.3 is 0 Å². The van der Waals surface area contributed by atoms with Gasteiger partial charge in [0.05, 0.1) is 0 Å². The number of fused-ring (bicyclic) bond motifs is 1. The topological polar surface area (TPSA) is 80.1 Å². The molecule has 0 saturated heterocycles. The third kappa shape index (κ3) is 1.20. The number of rotatable bonds is 0. The highest BCUT2D eigenvalue weighted by Crippen LogP contribution is 1.89. The quantitative estimate of drug-likeness (QED) is 0.604. The predicted molar refractivity (Wildman–Crippen MR) is 49.4 cm³/mol. The molecule has 0 unspecified atom stereocenters. The van der Waals surface area contributed by atoms with E-state index in [0.717, 1.165) is 4.52 Å². The van der Waals surface area contributed by atoms with Crippen LogP contribution >= 0.6 is 0 Å². The molecule has 0 aliphatic heterocycles. The highest BCUT2D eigenvalue weighted by Gasteiger charge is 2.03. The van der Waals surface area contributed by atoms with Gasteiger partial charge in [-0.15, -0.1) is 0 Å². The fourth-order valence-corrected chi connectivity index (χ4v) is 1.16. The highest BCUT2D eigenvalue weighted by molar-refractivity contribution is 5.26. The van der Waals surface area contributed by atoms with E-state index in [4.69, 9.17) is 0 Å². The van der Waals surface area contributed by atoms with Crippen molar-refractivity contribution in [2.45, 2.75) is 13.8 Å². The maximum absolute atomic E-state index is 11.4. The molecular weight excluding hydrogens is 184 g/mol. The normalized spacial score (nSPS) is 10.7. The molecule has 72 valence electrons. The van der Waals surface area contributed by atoms with Crippen LogP contribution in [0.25, 0.3) is 5.78 Å². The van der Waals surface area contributed by atoms with Gasteiger partial charge in [0.2, 0.25) is 5.78 Å². The Morgan fingerprint density at radius 1 is 1.36 bits per heavy atom. The molecule has 2 aromatic heterocycles. The van der Waals surface area contributed by atoms with Crippen molar-refractivity contribution < 1.29 is 0 Å². The number of aromatic amines is 1. The Morgan fingerprint density at radius 2 is 2.07 bits per heavy atom. The zero-order chi connectivity index (χ0) is 10.3. The Kier molecular flexibility index (Phi) is 1.70. The lowest BCUT2D eigenvalue weighted by atomic mass is 10.4. The van der Waals surface area contributed by atoms with Crippen LogP contribution in [0.5, 0.6) is 0 Å². The van der Waals surface area contributed by atoms with Gasteiger partial charge in [-0.2, -0.15) is 9.61 Å². The van der Waals surface area contributed by atoms with E-state index < -0.39 is 0 Å². The summed E-state index contributed by atoms with van der Waals surface area (Å²) in [5.41, 5.74) is 0.163. The average molecular weight is 192 g/mol. The van der Waals surface area contributed by atoms with Gasteiger partial charge in [0.15, 0.2) is 0 Å². The number of hydrogen-bond donors (Lipinski definition) is 1. The fraction of sp³-hybridized carbons (Fsp3) is 0.250. The molecule has 2 rings (SSSR count). The van der Waals surface area contributed by atoms with Crippen molar-refractivity contribution in [1.29, 1.82) is 0 Å². The first-order valence-corrected chi connectivity index (χ1v) is 4.05. The Morgan fingerprint density at radius 3 is 2.79 bits per heavy atom. The number of hydrogen-bond acceptors (Lipinski definition) is 4. The van der Waals surface area contributed by atoms with Crippen LogP contribution in [-0.4, -0.2) is 19.6 Å². The summed E-state index contributed by atoms with van der Waals surface area (Å²) < 4.78 is 1.07. The maximum atomic E-state index is 11.4. The molecular formula is C8H8N4O2. The highest BCUT2D eigenvalue weighted by atomic mass is 16.1. The second-order valence-electron chi connectivity index (χ2n) is 3.01. The molecule has 1 N–H and O–H groups in total. The van der Waals surface area contributed by atoms with Crippen LogP contribution in [0.2, 0.25) is 0 Å². The van der Waals surface area contributed by atoms with Crippen molar-refractivity contribution in [3.05, 3.63) is 38.2 Å². The van der Waals surface area contributed by atoms with Crippen molar-refractivity contribution >= 4 is 5.78 Å². The summed E-state index contributed by atoms with van der Waals surface area (Å²) in [5.74, 6) is 0.172. The Hall–Kier alpha value is -1.98. The average Bonchev–Trinajstić information content (AvgIpc) is 2.08. The first-order chi connectivity index (χ1) is 6.58. The van der Waals surface area contributed by atoms with E-state index in [1.165, 1.54) is 13.0 Å². The van der Waals surface area contributed by atoms with Crippen LogP contribution in [0, 0.1) is 13.8 Å². The molecule has 0 aromatic carbocycles. The van der Waals surface area contributed by atoms with Crippen LogP contribution < -0.4 is 11.1 Å². The minimum atomic E-state index is -0.331. The van der Waals surface area contributed by atoms with Crippen molar-refractivity contribution in [1.82, 2.24) is 19.6 Å². The summed E-state index contributed by atoms with van der Waals surface area (Å²) in [6.07, 6.45) is 0. The Balaban J connectivity index is 3.04. The van der Waals surface area contributed by atoms with Gasteiger partial charge in [-0.3, -0.25) is 14.6 Å². The molecule has 2 heterocycles. The molecule has 0 amide bonds. The lowest BCUT2D eigenvalue weighted by Gasteiger charge is -1.99. The van der Waals surface area contributed by atoms with Crippen LogP contribution in [0.1, 0.15) is 11.4 Å². The second kappa shape index (κ2) is 2.76. The molecule has 0 bridgehead atoms. The van der Waals surface area contributed by atoms with E-state index >= 15 is 0 Å². The van der Waals surface area contributed by atoms with Crippen LogP contribution in [0.3, 0.4) is 0 Å². The first kappa shape index (κ1) is 8.61. The van der Waals surface area contributed by atoms with Gasteiger partial charge in [0.25, 0.3) is 11.1 Å². The van der Waals surface area contributed by atoms with E-state index in [-0.39, 0.29) is 22.6 Å². The van der Waals surface area contributed by atoms with Gasteiger partial charge in [-0.1, -0.05) is 0 Å². The number of nitrogens with zero attached hydrogens (tertiary/aromatic N) is 3. The van der Waals surface area contributed by atoms with E-state index in [2.05, 4.69) is 15.1 Å². The fourth-order valence-electron chi connectivity index (χ4n) is 1.16. The van der Waals surface area contributed by atoms with Gasteiger partial charge in [-0.05, 0) is 13.8 Å². The summed E-state index contributed by atoms with van der Waals surface area (Å²) in [6, 6.07) is 1.36. The van der Waals surface area contributed by atoms with Crippen LogP contribution in [-0.2, 0) is 0 Å². The molecule has 0 fully saturated rings. The molecule has 0 spiro atoms. The predicted octanol–water partition coefficient (Wildman–Crippen LogP) is -0.605. The van der Waals surface area contributed by atoms with E-state index in [1.54, 1.807) is 6.92 Å². The van der Waals surface area contributed by atoms with E-state index in [0.29, 0.717) is 5.69 Å². The monoisotopic (exact) mass is 192 g/mol. The van der Waals surface area contributed by atoms with Gasteiger partial charge >= 0.3 is 0 Å². The second-order valence-corrected chi connectivity index (χ2v) is 3.01. The molecule has 14 heavy (non-hydrogen) atoms. The zero-order valence-electron chi connectivity index (χ0n) is 7.74. The third-order valence-corrected chi connectivity index (χ3v) is 1.83. The molecule has 0 aliphatic rings. The minimum absolute atomic E-state index is 0.172. The zero-order valence-corrected chi connectivity index (χ0v) is 7.74. The lowest BCUT2D eigenvalue weighted by Crippen LogP contribution is -2.25. The molecule has 6 nitrogen and oxygen atoms in total. The van der Waals surface area contributed by atoms with Crippen molar-refractivity contribution in [3.8, 4) is 0 Å². The standard InChI is InChI=1S/C8H8N4O2/c1-4-3-6(13)12-8(9-4)10-7(14)5(2)11-12/h3H,1-2H3,(H,9,10,14). The maximum Gasteiger partial charge on any atom is 0.275 e. The van der Waals surface area contributed by atoms with Gasteiger partial charge in [-0.25, -0.2) is 4.98 Å². The SMILES string of the molecule is Cc1cc(=O)n2nc(C)c(=O)[nH]c2n1. The number of nitrogens with one attached hydrogen (secondary N) is 1. The van der Waals surface area contributed by atoms with Gasteiger partial charge in [0.1, 0.15) is 5.69 Å². The Bertz CT molecular complexity index is 611. The minimum Gasteiger partial charge on any atom is -0.289 e. The summed E-state index contributed by atoms with van der Waals surface area (Å²) in [6.45, 7) is 3.21. The Labute approximate surface area is 78.2 Å². The summed E-state index contributed by atoms with van der Waals surface area (Å²) in [4.78, 5) is 29.0. The van der Waals surface area contributed by atoms with Gasteiger partial charge in [0, 0.05) is 11.8 Å². The third-order valence-electron chi connectivity index (χ3n) is 1.83. The lowest BCUT2D eigenvalue weighted by molar-refractivity contribution is 0.792. The summed E-state index contributed by atoms with van der Waals surface area (Å²) in [5, 5.41) is 3.81. The molecule has 6 heteroatoms. The molecule has 0 atom stereocenters. The molecule has 2 aromatic rings.